The average molecular weight is 572 g/mol. The summed E-state index contributed by atoms with van der Waals surface area (Å²) in [5.74, 6) is 0.375. The molecule has 1 aliphatic rings. The van der Waals surface area contributed by atoms with Gasteiger partial charge in [-0.1, -0.05) is 66.7 Å². The molecule has 3 atom stereocenters. The maximum absolute atomic E-state index is 12.9. The Morgan fingerprint density at radius 3 is 2.50 bits per heavy atom. The van der Waals surface area contributed by atoms with Crippen LogP contribution in [0.2, 0.25) is 0 Å². The van der Waals surface area contributed by atoms with Crippen LogP contribution in [0.4, 0.5) is 4.79 Å². The topological polar surface area (TPSA) is 142 Å². The third-order valence-electron chi connectivity index (χ3n) is 7.18. The largest absolute Gasteiger partial charge is 0.497 e. The highest BCUT2D eigenvalue weighted by Crippen LogP contribution is 2.27. The maximum atomic E-state index is 12.9. The van der Waals surface area contributed by atoms with Crippen LogP contribution >= 0.6 is 0 Å². The van der Waals surface area contributed by atoms with Crippen LogP contribution in [0.25, 0.3) is 0 Å². The Kier molecular flexibility index (Phi) is 10.7. The number of nitrogens with one attached hydrogen (secondary N) is 5. The van der Waals surface area contributed by atoms with Crippen LogP contribution in [0.5, 0.6) is 5.75 Å². The van der Waals surface area contributed by atoms with Crippen molar-refractivity contribution in [3.05, 3.63) is 101 Å². The van der Waals surface area contributed by atoms with Crippen molar-refractivity contribution >= 4 is 23.7 Å². The minimum absolute atomic E-state index is 0.0409. The Hall–Kier alpha value is -4.70. The highest BCUT2D eigenvalue weighted by atomic mass is 16.5. The molecule has 1 fully saturated rings. The molecule has 0 aromatic heterocycles. The lowest BCUT2D eigenvalue weighted by molar-refractivity contribution is -0.130. The quantitative estimate of drug-likeness (QED) is 0.186. The van der Waals surface area contributed by atoms with Gasteiger partial charge in [0.1, 0.15) is 24.2 Å². The summed E-state index contributed by atoms with van der Waals surface area (Å²) in [5, 5.41) is 19.5. The zero-order valence-corrected chi connectivity index (χ0v) is 23.8. The summed E-state index contributed by atoms with van der Waals surface area (Å²) in [6.07, 6.45) is 0.904. The van der Waals surface area contributed by atoms with Gasteiger partial charge >= 0.3 is 6.09 Å². The molecule has 220 valence electrons. The summed E-state index contributed by atoms with van der Waals surface area (Å²) in [4.78, 5) is 37.7. The van der Waals surface area contributed by atoms with Gasteiger partial charge in [-0.3, -0.25) is 20.3 Å². The number of ether oxygens (including phenoxy) is 2. The lowest BCUT2D eigenvalue weighted by Gasteiger charge is -2.30. The molecule has 1 heterocycles. The van der Waals surface area contributed by atoms with E-state index in [4.69, 9.17) is 14.9 Å². The number of methoxy groups -OCH3 is 1. The van der Waals surface area contributed by atoms with Gasteiger partial charge in [-0.2, -0.15) is 0 Å². The molecule has 0 spiro atoms. The first-order valence-electron chi connectivity index (χ1n) is 13.9. The fraction of sp³-hybridized carbons (Fsp3) is 0.312. The molecule has 1 aliphatic heterocycles. The summed E-state index contributed by atoms with van der Waals surface area (Å²) in [7, 11) is 1.56. The predicted molar refractivity (Wildman–Crippen MR) is 159 cm³/mol. The van der Waals surface area contributed by atoms with Crippen molar-refractivity contribution < 1.29 is 23.9 Å². The molecule has 10 nitrogen and oxygen atoms in total. The highest BCUT2D eigenvalue weighted by molar-refractivity contribution is 6.04. The van der Waals surface area contributed by atoms with Gasteiger partial charge in [0.25, 0.3) is 0 Å². The second-order valence-electron chi connectivity index (χ2n) is 10.2. The summed E-state index contributed by atoms with van der Waals surface area (Å²) >= 11 is 0. The smallest absolute Gasteiger partial charge is 0.413 e. The highest BCUT2D eigenvalue weighted by Gasteiger charge is 2.29. The molecule has 10 heteroatoms. The van der Waals surface area contributed by atoms with Crippen LogP contribution in [-0.2, 0) is 27.5 Å². The van der Waals surface area contributed by atoms with E-state index in [9.17, 15) is 14.4 Å². The van der Waals surface area contributed by atoms with Crippen molar-refractivity contribution in [3.63, 3.8) is 0 Å². The van der Waals surface area contributed by atoms with E-state index >= 15 is 0 Å². The summed E-state index contributed by atoms with van der Waals surface area (Å²) in [6.45, 7) is 2.69. The standard InChI is InChI=1S/C32H37N5O5/c1-21(36-31(39)28-18-26(15-16-34-28)24-8-4-3-5-9-24)30(38)35-19-22-11-13-25(14-12-22)29(33)37-32(40)42-20-23-7-6-10-27(17-23)41-2/h3-14,17,21,26,28,34H,15-16,18-20H2,1-2H3,(H,35,38)(H,36,39)(H2,33,37,40)/t21-,26-,28+/m0/s1. The minimum atomic E-state index is -0.741. The van der Waals surface area contributed by atoms with Gasteiger partial charge < -0.3 is 25.4 Å². The van der Waals surface area contributed by atoms with Crippen LogP contribution < -0.4 is 26.0 Å². The molecule has 0 saturated carbocycles. The first-order chi connectivity index (χ1) is 20.3. The van der Waals surface area contributed by atoms with Gasteiger partial charge in [0.05, 0.1) is 13.2 Å². The molecule has 42 heavy (non-hydrogen) atoms. The molecule has 0 radical (unpaired) electrons. The first-order valence-corrected chi connectivity index (χ1v) is 13.9. The van der Waals surface area contributed by atoms with E-state index < -0.39 is 12.1 Å². The lowest BCUT2D eigenvalue weighted by atomic mass is 9.86. The van der Waals surface area contributed by atoms with Crippen LogP contribution in [0, 0.1) is 5.41 Å². The van der Waals surface area contributed by atoms with Crippen molar-refractivity contribution in [3.8, 4) is 5.75 Å². The Balaban J connectivity index is 1.18. The third kappa shape index (κ3) is 8.65. The van der Waals surface area contributed by atoms with E-state index in [1.54, 1.807) is 56.5 Å². The number of alkyl carbamates (subject to hydrolysis) is 1. The normalized spacial score (nSPS) is 16.9. The fourth-order valence-corrected chi connectivity index (χ4v) is 4.78. The van der Waals surface area contributed by atoms with E-state index in [0.717, 1.165) is 24.1 Å². The second kappa shape index (κ2) is 14.8. The molecule has 0 bridgehead atoms. The maximum Gasteiger partial charge on any atom is 0.413 e. The zero-order chi connectivity index (χ0) is 29.9. The van der Waals surface area contributed by atoms with Crippen LogP contribution in [0.1, 0.15) is 47.9 Å². The Morgan fingerprint density at radius 2 is 1.76 bits per heavy atom. The van der Waals surface area contributed by atoms with Crippen molar-refractivity contribution in [2.45, 2.75) is 50.9 Å². The van der Waals surface area contributed by atoms with Crippen molar-refractivity contribution in [2.75, 3.05) is 13.7 Å². The van der Waals surface area contributed by atoms with E-state index in [2.05, 4.69) is 33.4 Å². The Morgan fingerprint density at radius 1 is 1.00 bits per heavy atom. The van der Waals surface area contributed by atoms with Gasteiger partial charge in [-0.25, -0.2) is 4.79 Å². The minimum Gasteiger partial charge on any atom is -0.497 e. The number of carbonyl (C=O) groups is 3. The molecular formula is C32H37N5O5. The van der Waals surface area contributed by atoms with Crippen LogP contribution in [-0.4, -0.2) is 49.5 Å². The SMILES string of the molecule is COc1cccc(COC(=O)NC(=N)c2ccc(CNC(=O)[C@H](C)NC(=O)[C@H]3C[C@@H](c4ccccc4)CCN3)cc2)c1. The fourth-order valence-electron chi connectivity index (χ4n) is 4.78. The predicted octanol–water partition coefficient (Wildman–Crippen LogP) is 3.60. The molecule has 0 aliphatic carbocycles. The molecule has 3 amide bonds. The number of rotatable bonds is 10. The Labute approximate surface area is 245 Å². The van der Waals surface area contributed by atoms with E-state index in [1.807, 2.05) is 24.3 Å². The van der Waals surface area contributed by atoms with E-state index in [-0.39, 0.29) is 36.8 Å². The average Bonchev–Trinajstić information content (AvgIpc) is 3.03. The third-order valence-corrected chi connectivity index (χ3v) is 7.18. The lowest BCUT2D eigenvalue weighted by Crippen LogP contribution is -2.53. The number of amidine groups is 1. The number of amides is 3. The molecular weight excluding hydrogens is 534 g/mol. The van der Waals surface area contributed by atoms with Gasteiger partial charge in [0, 0.05) is 12.1 Å². The molecule has 5 N–H and O–H groups in total. The van der Waals surface area contributed by atoms with Gasteiger partial charge in [-0.05, 0) is 61.1 Å². The molecule has 0 unspecified atom stereocenters. The van der Waals surface area contributed by atoms with Crippen molar-refractivity contribution in [2.24, 2.45) is 0 Å². The summed E-state index contributed by atoms with van der Waals surface area (Å²) in [5.41, 5.74) is 3.28. The summed E-state index contributed by atoms with van der Waals surface area (Å²) < 4.78 is 10.4. The summed E-state index contributed by atoms with van der Waals surface area (Å²) in [6, 6.07) is 23.2. The number of hydrogen-bond acceptors (Lipinski definition) is 7. The van der Waals surface area contributed by atoms with Crippen LogP contribution in [0.3, 0.4) is 0 Å². The molecule has 3 aromatic carbocycles. The van der Waals surface area contributed by atoms with E-state index in [1.165, 1.54) is 5.56 Å². The van der Waals surface area contributed by atoms with E-state index in [0.29, 0.717) is 23.7 Å². The number of benzene rings is 3. The first kappa shape index (κ1) is 30.3. The van der Waals surface area contributed by atoms with Crippen LogP contribution in [0.15, 0.2) is 78.9 Å². The van der Waals surface area contributed by atoms with Gasteiger partial charge in [0.2, 0.25) is 11.8 Å². The number of hydrogen-bond donors (Lipinski definition) is 5. The Bertz CT molecular complexity index is 1380. The number of carbonyl (C=O) groups excluding carboxylic acids is 3. The number of piperidine rings is 1. The monoisotopic (exact) mass is 571 g/mol. The second-order valence-corrected chi connectivity index (χ2v) is 10.2. The molecule has 3 aromatic rings. The molecule has 4 rings (SSSR count). The molecule has 1 saturated heterocycles. The van der Waals surface area contributed by atoms with Crippen molar-refractivity contribution in [1.29, 1.82) is 5.41 Å². The van der Waals surface area contributed by atoms with Crippen molar-refractivity contribution in [1.82, 2.24) is 21.3 Å². The zero-order valence-electron chi connectivity index (χ0n) is 23.8. The van der Waals surface area contributed by atoms with Gasteiger partial charge in [-0.15, -0.1) is 0 Å². The van der Waals surface area contributed by atoms with Gasteiger partial charge in [0.15, 0.2) is 0 Å².